The van der Waals surface area contributed by atoms with Crippen LogP contribution in [0.5, 0.6) is 0 Å². The van der Waals surface area contributed by atoms with Crippen molar-refractivity contribution in [1.82, 2.24) is 0 Å². The number of nitrogens with one attached hydrogen (secondary N) is 3. The number of esters is 1. The minimum absolute atomic E-state index is 0.0264. The average Bonchev–Trinajstić information content (AvgIpc) is 2.67. The molecule has 0 heterocycles. The molecular weight excluding hydrogens is 370 g/mol. The Kier molecular flexibility index (Phi) is 6.98. The molecule has 0 aliphatic carbocycles. The summed E-state index contributed by atoms with van der Waals surface area (Å²) in [7, 11) is 1.31. The molecule has 0 spiro atoms. The van der Waals surface area contributed by atoms with Crippen molar-refractivity contribution in [3.05, 3.63) is 53.6 Å². The zero-order valence-corrected chi connectivity index (χ0v) is 17.4. The molecule has 2 aromatic rings. The number of ether oxygens (including phenoxy) is 1. The predicted molar refractivity (Wildman–Crippen MR) is 114 cm³/mol. The van der Waals surface area contributed by atoms with Gasteiger partial charge in [-0.2, -0.15) is 0 Å². The summed E-state index contributed by atoms with van der Waals surface area (Å²) >= 11 is 0. The Balaban J connectivity index is 1.99. The van der Waals surface area contributed by atoms with Gasteiger partial charge in [-0.3, -0.25) is 9.59 Å². The summed E-state index contributed by atoms with van der Waals surface area (Å²) in [6.45, 7) is 7.38. The van der Waals surface area contributed by atoms with Gasteiger partial charge in [0.2, 0.25) is 11.8 Å². The van der Waals surface area contributed by atoms with E-state index in [1.807, 2.05) is 33.8 Å². The first kappa shape index (κ1) is 21.9. The molecule has 0 bridgehead atoms. The van der Waals surface area contributed by atoms with Gasteiger partial charge in [0.05, 0.1) is 19.2 Å². The Labute approximate surface area is 170 Å². The molecule has 7 nitrogen and oxygen atoms in total. The Morgan fingerprint density at radius 3 is 2.31 bits per heavy atom. The highest BCUT2D eigenvalue weighted by Crippen LogP contribution is 2.20. The molecule has 0 atom stereocenters. The molecule has 0 radical (unpaired) electrons. The fourth-order valence-corrected chi connectivity index (χ4v) is 2.40. The van der Waals surface area contributed by atoms with Crippen LogP contribution in [0.25, 0.3) is 0 Å². The topological polar surface area (TPSA) is 96.5 Å². The molecule has 0 unspecified atom stereocenters. The van der Waals surface area contributed by atoms with Crippen LogP contribution in [0, 0.1) is 12.3 Å². The van der Waals surface area contributed by atoms with Crippen molar-refractivity contribution in [2.75, 3.05) is 29.6 Å². The highest BCUT2D eigenvalue weighted by molar-refractivity contribution is 5.97. The van der Waals surface area contributed by atoms with Gasteiger partial charge >= 0.3 is 5.97 Å². The van der Waals surface area contributed by atoms with E-state index in [0.29, 0.717) is 22.6 Å². The smallest absolute Gasteiger partial charge is 0.337 e. The summed E-state index contributed by atoms with van der Waals surface area (Å²) in [6.07, 6.45) is 0. The summed E-state index contributed by atoms with van der Waals surface area (Å²) in [5.41, 5.74) is 2.59. The van der Waals surface area contributed by atoms with Gasteiger partial charge in [-0.1, -0.05) is 32.9 Å². The lowest BCUT2D eigenvalue weighted by Gasteiger charge is -2.18. The van der Waals surface area contributed by atoms with Gasteiger partial charge < -0.3 is 20.7 Å². The average molecular weight is 397 g/mol. The molecule has 7 heteroatoms. The molecule has 2 aromatic carbocycles. The van der Waals surface area contributed by atoms with Gasteiger partial charge in [0, 0.05) is 22.5 Å². The first-order chi connectivity index (χ1) is 13.6. The molecule has 29 heavy (non-hydrogen) atoms. The van der Waals surface area contributed by atoms with Gasteiger partial charge in [0.15, 0.2) is 0 Å². The highest BCUT2D eigenvalue weighted by atomic mass is 16.5. The summed E-state index contributed by atoms with van der Waals surface area (Å²) in [4.78, 5) is 36.1. The van der Waals surface area contributed by atoms with Crippen LogP contribution in [0.15, 0.2) is 42.5 Å². The molecule has 2 rings (SSSR count). The van der Waals surface area contributed by atoms with Crippen LogP contribution < -0.4 is 16.0 Å². The largest absolute Gasteiger partial charge is 0.465 e. The number of benzene rings is 2. The minimum Gasteiger partial charge on any atom is -0.465 e. The number of rotatable bonds is 6. The van der Waals surface area contributed by atoms with E-state index in [1.165, 1.54) is 7.11 Å². The van der Waals surface area contributed by atoms with Gasteiger partial charge in [0.1, 0.15) is 0 Å². The number of amides is 2. The Bertz CT molecular complexity index is 917. The molecule has 0 aliphatic rings. The van der Waals surface area contributed by atoms with Gasteiger partial charge in [-0.05, 0) is 42.8 Å². The lowest BCUT2D eigenvalue weighted by atomic mass is 9.95. The van der Waals surface area contributed by atoms with Crippen LogP contribution in [0.1, 0.15) is 36.7 Å². The van der Waals surface area contributed by atoms with Crippen molar-refractivity contribution in [3.8, 4) is 0 Å². The Morgan fingerprint density at radius 1 is 0.966 bits per heavy atom. The molecule has 154 valence electrons. The zero-order valence-electron chi connectivity index (χ0n) is 17.4. The van der Waals surface area contributed by atoms with E-state index in [9.17, 15) is 14.4 Å². The molecule has 0 aliphatic heterocycles. The number of anilines is 3. The normalized spacial score (nSPS) is 10.8. The molecule has 0 fully saturated rings. The van der Waals surface area contributed by atoms with Gasteiger partial charge in [0.25, 0.3) is 0 Å². The lowest BCUT2D eigenvalue weighted by Crippen LogP contribution is -2.27. The van der Waals surface area contributed by atoms with Crippen LogP contribution in [0.4, 0.5) is 17.1 Å². The second-order valence-electron chi connectivity index (χ2n) is 7.71. The maximum atomic E-state index is 12.3. The molecule has 0 aromatic heterocycles. The number of hydrogen-bond donors (Lipinski definition) is 3. The summed E-state index contributed by atoms with van der Waals surface area (Å²) in [6, 6.07) is 12.1. The third-order valence-corrected chi connectivity index (χ3v) is 4.19. The standard InChI is InChI=1S/C22H27N3O4/c1-14-9-10-15(20(27)29-5)11-18(14)25-19(26)13-23-16-7-6-8-17(12-16)24-21(28)22(2,3)4/h6-12,23H,13H2,1-5H3,(H,24,28)(H,25,26). The number of carbonyl (C=O) groups excluding carboxylic acids is 3. The molecule has 0 saturated heterocycles. The molecule has 3 N–H and O–H groups in total. The van der Waals surface area contributed by atoms with Crippen LogP contribution in [-0.2, 0) is 14.3 Å². The first-order valence-electron chi connectivity index (χ1n) is 9.24. The minimum atomic E-state index is -0.500. The van der Waals surface area contributed by atoms with Crippen LogP contribution in [0.2, 0.25) is 0 Å². The quantitative estimate of drug-likeness (QED) is 0.644. The first-order valence-corrected chi connectivity index (χ1v) is 9.24. The van der Waals surface area contributed by atoms with Crippen LogP contribution in [0.3, 0.4) is 0 Å². The molecule has 2 amide bonds. The van der Waals surface area contributed by atoms with E-state index in [2.05, 4.69) is 16.0 Å². The van der Waals surface area contributed by atoms with Crippen molar-refractivity contribution in [2.45, 2.75) is 27.7 Å². The summed E-state index contributed by atoms with van der Waals surface area (Å²) in [5.74, 6) is -0.819. The van der Waals surface area contributed by atoms with Crippen molar-refractivity contribution >= 4 is 34.8 Å². The lowest BCUT2D eigenvalue weighted by molar-refractivity contribution is -0.123. The van der Waals surface area contributed by atoms with E-state index >= 15 is 0 Å². The zero-order chi connectivity index (χ0) is 21.6. The van der Waals surface area contributed by atoms with Crippen LogP contribution >= 0.6 is 0 Å². The predicted octanol–water partition coefficient (Wildman–Crippen LogP) is 3.82. The second-order valence-corrected chi connectivity index (χ2v) is 7.71. The summed E-state index contributed by atoms with van der Waals surface area (Å²) in [5, 5.41) is 8.67. The fourth-order valence-electron chi connectivity index (χ4n) is 2.40. The number of methoxy groups -OCH3 is 1. The Hall–Kier alpha value is -3.35. The maximum absolute atomic E-state index is 12.3. The Morgan fingerprint density at radius 2 is 1.66 bits per heavy atom. The van der Waals surface area contributed by atoms with E-state index in [1.54, 1.807) is 36.4 Å². The number of hydrogen-bond acceptors (Lipinski definition) is 5. The third kappa shape index (κ3) is 6.34. The van der Waals surface area contributed by atoms with Gasteiger partial charge in [-0.25, -0.2) is 4.79 Å². The third-order valence-electron chi connectivity index (χ3n) is 4.19. The SMILES string of the molecule is COC(=O)c1ccc(C)c(NC(=O)CNc2cccc(NC(=O)C(C)(C)C)c2)c1. The fraction of sp³-hybridized carbons (Fsp3) is 0.318. The van der Waals surface area contributed by atoms with Gasteiger partial charge in [-0.15, -0.1) is 0 Å². The summed E-state index contributed by atoms with van der Waals surface area (Å²) < 4.78 is 4.71. The highest BCUT2D eigenvalue weighted by Gasteiger charge is 2.21. The van der Waals surface area contributed by atoms with Crippen molar-refractivity contribution < 1.29 is 19.1 Å². The molecule has 0 saturated carbocycles. The van der Waals surface area contributed by atoms with E-state index < -0.39 is 11.4 Å². The second kappa shape index (κ2) is 9.23. The molecular formula is C22H27N3O4. The van der Waals surface area contributed by atoms with E-state index in [-0.39, 0.29) is 18.4 Å². The van der Waals surface area contributed by atoms with E-state index in [4.69, 9.17) is 4.74 Å². The number of carbonyl (C=O) groups is 3. The van der Waals surface area contributed by atoms with Crippen LogP contribution in [-0.4, -0.2) is 31.4 Å². The maximum Gasteiger partial charge on any atom is 0.337 e. The van der Waals surface area contributed by atoms with E-state index in [0.717, 1.165) is 5.56 Å². The van der Waals surface area contributed by atoms with Crippen molar-refractivity contribution in [1.29, 1.82) is 0 Å². The number of aryl methyl sites for hydroxylation is 1. The monoisotopic (exact) mass is 397 g/mol. The van der Waals surface area contributed by atoms with Crippen molar-refractivity contribution in [2.24, 2.45) is 5.41 Å². The van der Waals surface area contributed by atoms with Crippen molar-refractivity contribution in [3.63, 3.8) is 0 Å².